The minimum atomic E-state index is 0. The Kier molecular flexibility index (Phi) is 9.94. The summed E-state index contributed by atoms with van der Waals surface area (Å²) in [7, 11) is 0. The summed E-state index contributed by atoms with van der Waals surface area (Å²) in [6.07, 6.45) is 5.39. The normalized spacial score (nSPS) is 28.8. The number of guanidine groups is 1. The molecule has 2 atom stereocenters. The number of nitrogens with one attached hydrogen (secondary N) is 1. The van der Waals surface area contributed by atoms with Gasteiger partial charge in [-0.3, -0.25) is 4.99 Å². The standard InChI is InChI=1S/C19H36N4O2.HI/c1-3-20-19(21-8-11-22-9-6-16(2)7-10-22)23-12-14-25-18(15-23)17-5-4-13-24-17;/h16-18H,3-15H2,1-2H3,(H,20,21);1H. The smallest absolute Gasteiger partial charge is 0.194 e. The van der Waals surface area contributed by atoms with Crippen LogP contribution in [-0.2, 0) is 9.47 Å². The van der Waals surface area contributed by atoms with E-state index in [0.29, 0.717) is 0 Å². The molecular weight excluding hydrogens is 443 g/mol. The molecule has 0 aromatic heterocycles. The first-order valence-corrected chi connectivity index (χ1v) is 10.2. The predicted octanol–water partition coefficient (Wildman–Crippen LogP) is 2.18. The third kappa shape index (κ3) is 6.49. The molecule has 0 aromatic carbocycles. The van der Waals surface area contributed by atoms with Gasteiger partial charge < -0.3 is 24.6 Å². The van der Waals surface area contributed by atoms with Gasteiger partial charge in [0.05, 0.1) is 19.3 Å². The monoisotopic (exact) mass is 480 g/mol. The largest absolute Gasteiger partial charge is 0.375 e. The van der Waals surface area contributed by atoms with Crippen LogP contribution in [0.25, 0.3) is 0 Å². The van der Waals surface area contributed by atoms with E-state index in [0.717, 1.165) is 70.7 Å². The molecular formula is C19H37IN4O2. The highest BCUT2D eigenvalue weighted by molar-refractivity contribution is 14.0. The second-order valence-corrected chi connectivity index (χ2v) is 7.67. The maximum absolute atomic E-state index is 5.97. The molecule has 0 amide bonds. The van der Waals surface area contributed by atoms with Gasteiger partial charge in [-0.2, -0.15) is 0 Å². The SMILES string of the molecule is CCNC(=NCCN1CCC(C)CC1)N1CCOC(C2CCCO2)C1.I. The molecule has 3 aliphatic heterocycles. The quantitative estimate of drug-likeness (QED) is 0.372. The van der Waals surface area contributed by atoms with E-state index in [4.69, 9.17) is 14.5 Å². The first kappa shape index (κ1) is 22.2. The minimum Gasteiger partial charge on any atom is -0.375 e. The fourth-order valence-electron chi connectivity index (χ4n) is 4.00. The van der Waals surface area contributed by atoms with Gasteiger partial charge in [0.2, 0.25) is 0 Å². The molecule has 3 rings (SSSR count). The molecule has 2 unspecified atom stereocenters. The molecule has 6 nitrogen and oxygen atoms in total. The Morgan fingerprint density at radius 3 is 2.54 bits per heavy atom. The molecule has 0 aromatic rings. The van der Waals surface area contributed by atoms with Gasteiger partial charge in [0.25, 0.3) is 0 Å². The van der Waals surface area contributed by atoms with Gasteiger partial charge >= 0.3 is 0 Å². The van der Waals surface area contributed by atoms with E-state index in [1.165, 1.54) is 25.9 Å². The number of aliphatic imine (C=N–C) groups is 1. The Bertz CT molecular complexity index is 424. The molecule has 3 fully saturated rings. The summed E-state index contributed by atoms with van der Waals surface area (Å²) in [5, 5.41) is 3.47. The molecule has 3 aliphatic rings. The third-order valence-electron chi connectivity index (χ3n) is 5.66. The van der Waals surface area contributed by atoms with Crippen LogP contribution in [0.4, 0.5) is 0 Å². The molecule has 26 heavy (non-hydrogen) atoms. The predicted molar refractivity (Wildman–Crippen MR) is 117 cm³/mol. The number of hydrogen-bond acceptors (Lipinski definition) is 4. The number of piperidine rings is 1. The molecule has 0 bridgehead atoms. The molecule has 0 spiro atoms. The van der Waals surface area contributed by atoms with Crippen LogP contribution in [0.15, 0.2) is 4.99 Å². The molecule has 3 saturated heterocycles. The first-order chi connectivity index (χ1) is 12.3. The van der Waals surface area contributed by atoms with E-state index in [2.05, 4.69) is 29.0 Å². The fraction of sp³-hybridized carbons (Fsp3) is 0.947. The van der Waals surface area contributed by atoms with E-state index in [1.54, 1.807) is 0 Å². The average molecular weight is 480 g/mol. The third-order valence-corrected chi connectivity index (χ3v) is 5.66. The molecule has 7 heteroatoms. The van der Waals surface area contributed by atoms with Gasteiger partial charge in [-0.25, -0.2) is 0 Å². The zero-order chi connectivity index (χ0) is 17.5. The molecule has 0 radical (unpaired) electrons. The molecule has 0 saturated carbocycles. The van der Waals surface area contributed by atoms with Gasteiger partial charge in [-0.1, -0.05) is 6.92 Å². The van der Waals surface area contributed by atoms with E-state index in [-0.39, 0.29) is 36.2 Å². The topological polar surface area (TPSA) is 49.3 Å². The minimum absolute atomic E-state index is 0. The van der Waals surface area contributed by atoms with Crippen molar-refractivity contribution in [3.8, 4) is 0 Å². The number of morpholine rings is 1. The van der Waals surface area contributed by atoms with E-state index in [9.17, 15) is 0 Å². The van der Waals surface area contributed by atoms with Gasteiger partial charge in [-0.05, 0) is 51.6 Å². The summed E-state index contributed by atoms with van der Waals surface area (Å²) in [6.45, 7) is 13.3. The van der Waals surface area contributed by atoms with Gasteiger partial charge in [0.1, 0.15) is 6.10 Å². The van der Waals surface area contributed by atoms with Crippen LogP contribution in [0.1, 0.15) is 39.5 Å². The van der Waals surface area contributed by atoms with Gasteiger partial charge in [0.15, 0.2) is 5.96 Å². The number of ether oxygens (including phenoxy) is 2. The van der Waals surface area contributed by atoms with Crippen molar-refractivity contribution in [1.82, 2.24) is 15.1 Å². The van der Waals surface area contributed by atoms with Crippen LogP contribution < -0.4 is 5.32 Å². The van der Waals surface area contributed by atoms with Crippen LogP contribution in [0, 0.1) is 5.92 Å². The van der Waals surface area contributed by atoms with Crippen LogP contribution in [-0.4, -0.2) is 87.0 Å². The molecule has 0 aliphatic carbocycles. The highest BCUT2D eigenvalue weighted by atomic mass is 127. The number of rotatable bonds is 5. The number of likely N-dealkylation sites (tertiary alicyclic amines) is 1. The summed E-state index contributed by atoms with van der Waals surface area (Å²) in [5.41, 5.74) is 0. The van der Waals surface area contributed by atoms with E-state index in [1.807, 2.05) is 0 Å². The van der Waals surface area contributed by atoms with Crippen molar-refractivity contribution in [2.24, 2.45) is 10.9 Å². The van der Waals surface area contributed by atoms with E-state index < -0.39 is 0 Å². The van der Waals surface area contributed by atoms with Crippen molar-refractivity contribution in [2.45, 2.75) is 51.7 Å². The van der Waals surface area contributed by atoms with Crippen molar-refractivity contribution in [3.05, 3.63) is 0 Å². The lowest BCUT2D eigenvalue weighted by molar-refractivity contribution is -0.0817. The van der Waals surface area contributed by atoms with Crippen LogP contribution >= 0.6 is 24.0 Å². The van der Waals surface area contributed by atoms with Gasteiger partial charge in [-0.15, -0.1) is 24.0 Å². The highest BCUT2D eigenvalue weighted by Gasteiger charge is 2.32. The highest BCUT2D eigenvalue weighted by Crippen LogP contribution is 2.21. The average Bonchev–Trinajstić information content (AvgIpc) is 3.17. The zero-order valence-corrected chi connectivity index (χ0v) is 18.8. The Morgan fingerprint density at radius 2 is 1.85 bits per heavy atom. The lowest BCUT2D eigenvalue weighted by atomic mass is 9.99. The maximum Gasteiger partial charge on any atom is 0.194 e. The summed E-state index contributed by atoms with van der Waals surface area (Å²) < 4.78 is 11.8. The van der Waals surface area contributed by atoms with Crippen molar-refractivity contribution in [3.63, 3.8) is 0 Å². The van der Waals surface area contributed by atoms with E-state index >= 15 is 0 Å². The number of halogens is 1. The Morgan fingerprint density at radius 1 is 1.08 bits per heavy atom. The Labute approximate surface area is 176 Å². The molecule has 1 N–H and O–H groups in total. The number of nitrogens with zero attached hydrogens (tertiary/aromatic N) is 3. The first-order valence-electron chi connectivity index (χ1n) is 10.2. The Balaban J connectivity index is 0.00000243. The second kappa shape index (κ2) is 11.7. The molecule has 152 valence electrons. The maximum atomic E-state index is 5.97. The second-order valence-electron chi connectivity index (χ2n) is 7.67. The lowest BCUT2D eigenvalue weighted by Gasteiger charge is -2.37. The summed E-state index contributed by atoms with van der Waals surface area (Å²) >= 11 is 0. The molecule has 3 heterocycles. The van der Waals surface area contributed by atoms with Gasteiger partial charge in [0, 0.05) is 32.8 Å². The van der Waals surface area contributed by atoms with Crippen molar-refractivity contribution in [1.29, 1.82) is 0 Å². The van der Waals surface area contributed by atoms with Crippen molar-refractivity contribution in [2.75, 3.05) is 59.0 Å². The summed E-state index contributed by atoms with van der Waals surface area (Å²) in [4.78, 5) is 9.82. The Hall–Kier alpha value is -0.120. The number of hydrogen-bond donors (Lipinski definition) is 1. The summed E-state index contributed by atoms with van der Waals surface area (Å²) in [5.74, 6) is 1.93. The van der Waals surface area contributed by atoms with Crippen molar-refractivity contribution >= 4 is 29.9 Å². The lowest BCUT2D eigenvalue weighted by Crippen LogP contribution is -2.53. The van der Waals surface area contributed by atoms with Crippen molar-refractivity contribution < 1.29 is 9.47 Å². The van der Waals surface area contributed by atoms with Crippen LogP contribution in [0.3, 0.4) is 0 Å². The summed E-state index contributed by atoms with van der Waals surface area (Å²) in [6, 6.07) is 0. The fourth-order valence-corrected chi connectivity index (χ4v) is 4.00. The van der Waals surface area contributed by atoms with Crippen LogP contribution in [0.5, 0.6) is 0 Å². The van der Waals surface area contributed by atoms with Crippen LogP contribution in [0.2, 0.25) is 0 Å². The zero-order valence-electron chi connectivity index (χ0n) is 16.5.